The number of azide groups is 1. The average molecular weight is 290 g/mol. The SMILES string of the molecule is CCOC(=O)C[C@H](C)N.CCOC(=O)C[C@H](C)N=[N+]=[N-].[HH]. The van der Waals surface area contributed by atoms with Crippen molar-refractivity contribution in [1.82, 2.24) is 0 Å². The van der Waals surface area contributed by atoms with E-state index in [9.17, 15) is 9.59 Å². The van der Waals surface area contributed by atoms with Crippen LogP contribution in [0.25, 0.3) is 10.4 Å². The van der Waals surface area contributed by atoms with E-state index in [1.807, 2.05) is 0 Å². The maximum atomic E-state index is 10.7. The van der Waals surface area contributed by atoms with Gasteiger partial charge in [-0.3, -0.25) is 9.59 Å². The molecule has 0 aromatic heterocycles. The van der Waals surface area contributed by atoms with Gasteiger partial charge in [0.05, 0.1) is 26.1 Å². The molecule has 8 nitrogen and oxygen atoms in total. The van der Waals surface area contributed by atoms with Crippen molar-refractivity contribution in [2.45, 2.75) is 52.6 Å². The lowest BCUT2D eigenvalue weighted by molar-refractivity contribution is -0.144. The highest BCUT2D eigenvalue weighted by molar-refractivity contribution is 5.70. The van der Waals surface area contributed by atoms with E-state index in [0.717, 1.165) is 0 Å². The molecule has 0 fully saturated rings. The Bertz CT molecular complexity index is 333. The van der Waals surface area contributed by atoms with Crippen LogP contribution in [0.4, 0.5) is 0 Å². The van der Waals surface area contributed by atoms with Crippen LogP contribution in [-0.2, 0) is 19.1 Å². The first kappa shape index (κ1) is 20.5. The van der Waals surface area contributed by atoms with E-state index >= 15 is 0 Å². The van der Waals surface area contributed by atoms with Gasteiger partial charge in [0.15, 0.2) is 0 Å². The van der Waals surface area contributed by atoms with Gasteiger partial charge in [0.1, 0.15) is 0 Å². The second-order valence-corrected chi connectivity index (χ2v) is 4.05. The van der Waals surface area contributed by atoms with Crippen molar-refractivity contribution < 1.29 is 20.5 Å². The predicted octanol–water partition coefficient (Wildman–Crippen LogP) is 2.17. The van der Waals surface area contributed by atoms with Crippen molar-refractivity contribution in [2.24, 2.45) is 10.8 Å². The van der Waals surface area contributed by atoms with Gasteiger partial charge in [-0.1, -0.05) is 12.0 Å². The van der Waals surface area contributed by atoms with Crippen molar-refractivity contribution >= 4 is 11.9 Å². The molecule has 118 valence electrons. The number of carbonyl (C=O) groups is 2. The lowest BCUT2D eigenvalue weighted by atomic mass is 10.2. The van der Waals surface area contributed by atoms with Crippen LogP contribution in [0.5, 0.6) is 0 Å². The van der Waals surface area contributed by atoms with Gasteiger partial charge in [0.25, 0.3) is 0 Å². The molecular formula is C12H26N4O4. The topological polar surface area (TPSA) is 127 Å². The average Bonchev–Trinajstić information content (AvgIpc) is 2.29. The summed E-state index contributed by atoms with van der Waals surface area (Å²) in [6, 6.07) is -0.414. The van der Waals surface area contributed by atoms with Crippen molar-refractivity contribution in [3.8, 4) is 0 Å². The highest BCUT2D eigenvalue weighted by Gasteiger charge is 2.06. The summed E-state index contributed by atoms with van der Waals surface area (Å²) in [7, 11) is 0. The molecular weight excluding hydrogens is 264 g/mol. The fourth-order valence-electron chi connectivity index (χ4n) is 1.07. The van der Waals surface area contributed by atoms with Crippen LogP contribution in [0.1, 0.15) is 42.0 Å². The molecule has 0 saturated carbocycles. The molecule has 0 spiro atoms. The van der Waals surface area contributed by atoms with Crippen LogP contribution in [-0.4, -0.2) is 37.2 Å². The molecule has 0 heterocycles. The highest BCUT2D eigenvalue weighted by atomic mass is 16.5. The number of esters is 2. The standard InChI is InChI=1S/C6H11N3O2.C6H13NO2.H2/c1-3-11-6(10)4-5(2)8-9-7;1-3-9-6(8)4-5(2)7;/h5H,3-4H2,1-2H3;5H,3-4,7H2,1-2H3;1H/t2*5-;/m00./s1. The van der Waals surface area contributed by atoms with E-state index in [2.05, 4.69) is 19.5 Å². The zero-order valence-electron chi connectivity index (χ0n) is 12.5. The molecule has 2 N–H and O–H groups in total. The van der Waals surface area contributed by atoms with Gasteiger partial charge in [0, 0.05) is 18.4 Å². The Hall–Kier alpha value is -1.79. The molecule has 0 unspecified atom stereocenters. The van der Waals surface area contributed by atoms with Gasteiger partial charge in [-0.2, -0.15) is 0 Å². The molecule has 8 heteroatoms. The predicted molar refractivity (Wildman–Crippen MR) is 76.9 cm³/mol. The number of carbonyl (C=O) groups excluding carboxylic acids is 2. The Morgan fingerprint density at radius 2 is 1.65 bits per heavy atom. The van der Waals surface area contributed by atoms with E-state index in [1.165, 1.54) is 0 Å². The van der Waals surface area contributed by atoms with Gasteiger partial charge < -0.3 is 15.2 Å². The summed E-state index contributed by atoms with van der Waals surface area (Å²) in [6.07, 6.45) is 0.464. The number of nitrogens with zero attached hydrogens (tertiary/aromatic N) is 3. The molecule has 0 radical (unpaired) electrons. The van der Waals surface area contributed by atoms with Crippen molar-refractivity contribution in [3.63, 3.8) is 0 Å². The van der Waals surface area contributed by atoms with Gasteiger partial charge in [0.2, 0.25) is 0 Å². The van der Waals surface area contributed by atoms with Crippen LogP contribution in [0.15, 0.2) is 5.11 Å². The molecule has 0 bridgehead atoms. The molecule has 0 aliphatic carbocycles. The highest BCUT2D eigenvalue weighted by Crippen LogP contribution is 1.98. The fourth-order valence-corrected chi connectivity index (χ4v) is 1.07. The summed E-state index contributed by atoms with van der Waals surface area (Å²) < 4.78 is 9.27. The van der Waals surface area contributed by atoms with Crippen LogP contribution in [0.2, 0.25) is 0 Å². The third kappa shape index (κ3) is 16.2. The normalized spacial score (nSPS) is 12.1. The van der Waals surface area contributed by atoms with Crippen LogP contribution >= 0.6 is 0 Å². The minimum Gasteiger partial charge on any atom is -0.466 e. The summed E-state index contributed by atoms with van der Waals surface area (Å²) in [5.41, 5.74) is 13.3. The summed E-state index contributed by atoms with van der Waals surface area (Å²) in [4.78, 5) is 23.8. The molecule has 20 heavy (non-hydrogen) atoms. The summed E-state index contributed by atoms with van der Waals surface area (Å²) >= 11 is 0. The van der Waals surface area contributed by atoms with Crippen LogP contribution in [0, 0.1) is 0 Å². The van der Waals surface area contributed by atoms with E-state index in [1.54, 1.807) is 27.7 Å². The molecule has 2 atom stereocenters. The summed E-state index contributed by atoms with van der Waals surface area (Å²) in [5, 5.41) is 3.33. The van der Waals surface area contributed by atoms with Gasteiger partial charge in [-0.05, 0) is 26.3 Å². The number of hydrogen-bond donors (Lipinski definition) is 1. The number of rotatable bonds is 7. The van der Waals surface area contributed by atoms with Gasteiger partial charge in [-0.25, -0.2) is 0 Å². The summed E-state index contributed by atoms with van der Waals surface area (Å²) in [6.45, 7) is 7.75. The van der Waals surface area contributed by atoms with E-state index in [-0.39, 0.29) is 31.9 Å². The number of hydrogen-bond acceptors (Lipinski definition) is 6. The lowest BCUT2D eigenvalue weighted by Gasteiger charge is -2.02. The van der Waals surface area contributed by atoms with Crippen molar-refractivity contribution in [3.05, 3.63) is 10.4 Å². The minimum atomic E-state index is -0.326. The minimum absolute atomic E-state index is 0. The quantitative estimate of drug-likeness (QED) is 0.332. The molecule has 0 aromatic rings. The van der Waals surface area contributed by atoms with E-state index < -0.39 is 0 Å². The third-order valence-electron chi connectivity index (χ3n) is 1.81. The molecule has 0 aliphatic rings. The summed E-state index contributed by atoms with van der Waals surface area (Å²) in [5.74, 6) is -0.542. The van der Waals surface area contributed by atoms with Crippen LogP contribution < -0.4 is 5.73 Å². The first-order valence-corrected chi connectivity index (χ1v) is 6.48. The Labute approximate surface area is 120 Å². The largest absolute Gasteiger partial charge is 0.466 e. The van der Waals surface area contributed by atoms with Crippen molar-refractivity contribution in [1.29, 1.82) is 0 Å². The third-order valence-corrected chi connectivity index (χ3v) is 1.81. The molecule has 0 amide bonds. The first-order valence-electron chi connectivity index (χ1n) is 6.48. The van der Waals surface area contributed by atoms with E-state index in [4.69, 9.17) is 11.3 Å². The fraction of sp³-hybridized carbons (Fsp3) is 0.833. The zero-order valence-corrected chi connectivity index (χ0v) is 12.5. The molecule has 0 aliphatic heterocycles. The zero-order chi connectivity index (χ0) is 16.0. The van der Waals surface area contributed by atoms with Gasteiger partial charge >= 0.3 is 11.9 Å². The Balaban J connectivity index is -0.000000300. The lowest BCUT2D eigenvalue weighted by Crippen LogP contribution is -2.20. The second kappa shape index (κ2) is 13.6. The number of nitrogens with two attached hydrogens (primary N) is 1. The molecule has 0 aromatic carbocycles. The Morgan fingerprint density at radius 1 is 1.20 bits per heavy atom. The van der Waals surface area contributed by atoms with Gasteiger partial charge in [-0.15, -0.1) is 0 Å². The first-order chi connectivity index (χ1) is 9.37. The van der Waals surface area contributed by atoms with Crippen molar-refractivity contribution in [2.75, 3.05) is 13.2 Å². The molecule has 0 saturated heterocycles. The second-order valence-electron chi connectivity index (χ2n) is 4.05. The smallest absolute Gasteiger partial charge is 0.307 e. The Kier molecular flexibility index (Phi) is 14.0. The van der Waals surface area contributed by atoms with E-state index in [0.29, 0.717) is 19.6 Å². The molecule has 0 rings (SSSR count). The maximum absolute atomic E-state index is 10.7. The van der Waals surface area contributed by atoms with Crippen LogP contribution in [0.3, 0.4) is 0 Å². The Morgan fingerprint density at radius 3 is 2.00 bits per heavy atom. The monoisotopic (exact) mass is 290 g/mol. The number of ether oxygens (including phenoxy) is 2. The maximum Gasteiger partial charge on any atom is 0.307 e.